The molecule has 0 unspecified atom stereocenters. The maximum Gasteiger partial charge on any atom is 0.264 e. The van der Waals surface area contributed by atoms with Crippen LogP contribution in [-0.4, -0.2) is 211 Å². The molecule has 1 aliphatic carbocycles. The van der Waals surface area contributed by atoms with Crippen molar-refractivity contribution in [2.45, 2.75) is 145 Å². The quantitative estimate of drug-likeness (QED) is 0.0791. The predicted molar refractivity (Wildman–Crippen MR) is 233 cm³/mol. The van der Waals surface area contributed by atoms with E-state index in [2.05, 4.69) is 40.3 Å². The first-order valence-electron chi connectivity index (χ1n) is 21.9. The molecule has 0 bridgehead atoms. The third-order valence-corrected chi connectivity index (χ3v) is 14.0. The average molecular weight is 917 g/mol. The lowest BCUT2D eigenvalue weighted by molar-refractivity contribution is -0.332. The van der Waals surface area contributed by atoms with Crippen LogP contribution in [0.5, 0.6) is 0 Å². The van der Waals surface area contributed by atoms with Gasteiger partial charge in [-0.2, -0.15) is 0 Å². The number of aliphatic imine (C=N–C) groups is 1. The second-order valence-corrected chi connectivity index (χ2v) is 19.0. The number of aliphatic hydroxyl groups excluding tert-OH is 7. The summed E-state index contributed by atoms with van der Waals surface area (Å²) in [5, 5.41) is 70.9. The van der Waals surface area contributed by atoms with Gasteiger partial charge in [-0.25, -0.2) is 8.42 Å². The summed E-state index contributed by atoms with van der Waals surface area (Å²) in [5.74, 6) is 0.907. The number of hydrogen-bond donors (Lipinski definition) is 12. The molecule has 4 aliphatic heterocycles. The number of hydrogen-bond acceptors (Lipinski definition) is 20. The molecule has 3 saturated heterocycles. The Balaban J connectivity index is 0.000000239. The maximum absolute atomic E-state index is 12.7. The number of nitrogens with two attached hydrogens (primary N) is 4. The molecular formula is C41H72N8O13S. The molecule has 63 heavy (non-hydrogen) atoms. The minimum atomic E-state index is -3.56. The second-order valence-electron chi connectivity index (χ2n) is 17.4. The number of piperazine rings is 1. The van der Waals surface area contributed by atoms with Gasteiger partial charge in [0, 0.05) is 56.9 Å². The molecule has 0 radical (unpaired) electrons. The van der Waals surface area contributed by atoms with Gasteiger partial charge in [0.1, 0.15) is 71.8 Å². The van der Waals surface area contributed by atoms with Gasteiger partial charge in [-0.15, -0.1) is 0 Å². The lowest BCUT2D eigenvalue weighted by Gasteiger charge is -2.48. The van der Waals surface area contributed by atoms with Crippen LogP contribution in [0.4, 0.5) is 0 Å². The van der Waals surface area contributed by atoms with Crippen LogP contribution >= 0.6 is 0 Å². The molecule has 4 heterocycles. The molecule has 21 nitrogen and oxygen atoms in total. The highest BCUT2D eigenvalue weighted by Gasteiger charge is 2.51. The van der Waals surface area contributed by atoms with Crippen LogP contribution in [0.3, 0.4) is 0 Å². The van der Waals surface area contributed by atoms with Crippen LogP contribution in [0.15, 0.2) is 34.8 Å². The fourth-order valence-corrected chi connectivity index (χ4v) is 10.1. The summed E-state index contributed by atoms with van der Waals surface area (Å²) < 4.78 is 50.2. The van der Waals surface area contributed by atoms with Gasteiger partial charge in [-0.05, 0) is 56.3 Å². The molecule has 5 aliphatic rings. The summed E-state index contributed by atoms with van der Waals surface area (Å²) in [7, 11) is -3.56. The third-order valence-electron chi connectivity index (χ3n) is 12.4. The molecular weight excluding hydrogens is 845 g/mol. The van der Waals surface area contributed by atoms with Crippen LogP contribution in [0.2, 0.25) is 0 Å². The van der Waals surface area contributed by atoms with Gasteiger partial charge in [0.05, 0.1) is 12.6 Å². The van der Waals surface area contributed by atoms with Crippen molar-refractivity contribution in [1.82, 2.24) is 14.5 Å². The molecule has 15 atom stereocenters. The summed E-state index contributed by atoms with van der Waals surface area (Å²) in [6.07, 6.45) is -14.3. The molecule has 1 saturated carbocycles. The van der Waals surface area contributed by atoms with E-state index in [1.165, 1.54) is 18.5 Å². The zero-order valence-corrected chi connectivity index (χ0v) is 37.5. The SMILES string of the molecule is CCCN1CCN(CCCN=C2NS(=O)(=O)C(c3ccc(C(C)C)cc3)=C2C)CC1.NC[C@H]1O[C@H](O[C@H]2[C@H](O)[C@@H](O[C@H]3O[C@H](CO)[C@@H](O)[C@H](N)[C@H]3O)[C@H](N)C[C@@H]2N)[C@H](O)[C@@H](O)[C@@H]1O. The minimum Gasteiger partial charge on any atom is -0.394 e. The Hall–Kier alpha value is -2.30. The van der Waals surface area contributed by atoms with E-state index in [9.17, 15) is 44.2 Å². The first kappa shape index (κ1) is 51.7. The van der Waals surface area contributed by atoms with Crippen molar-refractivity contribution in [1.29, 1.82) is 0 Å². The first-order chi connectivity index (χ1) is 29.8. The van der Waals surface area contributed by atoms with Crippen molar-refractivity contribution in [3.8, 4) is 0 Å². The van der Waals surface area contributed by atoms with Crippen molar-refractivity contribution in [2.24, 2.45) is 27.9 Å². The number of aliphatic hydroxyl groups is 7. The summed E-state index contributed by atoms with van der Waals surface area (Å²) in [6.45, 7) is 14.9. The van der Waals surface area contributed by atoms with Crippen molar-refractivity contribution in [2.75, 3.05) is 59.0 Å². The maximum atomic E-state index is 12.7. The van der Waals surface area contributed by atoms with Crippen LogP contribution in [0.25, 0.3) is 4.91 Å². The number of sulfonamides is 1. The average Bonchev–Trinajstić information content (AvgIpc) is 3.49. The van der Waals surface area contributed by atoms with Crippen LogP contribution in [-0.2, 0) is 29.0 Å². The van der Waals surface area contributed by atoms with Gasteiger partial charge >= 0.3 is 0 Å². The Morgan fingerprint density at radius 1 is 0.810 bits per heavy atom. The van der Waals surface area contributed by atoms with E-state index in [1.807, 2.05) is 31.2 Å². The predicted octanol–water partition coefficient (Wildman–Crippen LogP) is -4.00. The summed E-state index contributed by atoms with van der Waals surface area (Å²) >= 11 is 0. The number of amidine groups is 1. The molecule has 360 valence electrons. The lowest BCUT2D eigenvalue weighted by atomic mass is 9.84. The second kappa shape index (κ2) is 22.9. The van der Waals surface area contributed by atoms with Crippen LogP contribution < -0.4 is 27.7 Å². The number of ether oxygens (including phenoxy) is 4. The van der Waals surface area contributed by atoms with Crippen LogP contribution in [0, 0.1) is 0 Å². The molecule has 6 rings (SSSR count). The van der Waals surface area contributed by atoms with Gasteiger partial charge in [0.25, 0.3) is 10.0 Å². The lowest BCUT2D eigenvalue weighted by Crippen LogP contribution is -2.68. The van der Waals surface area contributed by atoms with Gasteiger partial charge in [0.2, 0.25) is 0 Å². The Bertz CT molecular complexity index is 1720. The Morgan fingerprint density at radius 3 is 1.90 bits per heavy atom. The van der Waals surface area contributed by atoms with Crippen LogP contribution in [0.1, 0.15) is 64.0 Å². The van der Waals surface area contributed by atoms with Gasteiger partial charge in [-0.3, -0.25) is 9.71 Å². The highest BCUT2D eigenvalue weighted by Crippen LogP contribution is 2.33. The number of nitrogens with zero attached hydrogens (tertiary/aromatic N) is 3. The molecule has 4 fully saturated rings. The zero-order chi connectivity index (χ0) is 46.3. The molecule has 1 aromatic rings. The molecule has 1 aromatic carbocycles. The number of rotatable bonds is 14. The van der Waals surface area contributed by atoms with Crippen molar-refractivity contribution < 1.29 is 63.1 Å². The Kier molecular flexibility index (Phi) is 18.8. The summed E-state index contributed by atoms with van der Waals surface area (Å²) in [5.41, 5.74) is 26.1. The fourth-order valence-electron chi connectivity index (χ4n) is 8.54. The monoisotopic (exact) mass is 916 g/mol. The van der Waals surface area contributed by atoms with Gasteiger partial charge in [-0.1, -0.05) is 45.0 Å². The summed E-state index contributed by atoms with van der Waals surface area (Å²) in [6, 6.07) is 4.94. The first-order valence-corrected chi connectivity index (χ1v) is 23.4. The van der Waals surface area contributed by atoms with Gasteiger partial charge in [0.15, 0.2) is 12.6 Å². The smallest absolute Gasteiger partial charge is 0.264 e. The highest BCUT2D eigenvalue weighted by atomic mass is 32.2. The van der Waals surface area contributed by atoms with E-state index in [1.54, 1.807) is 0 Å². The fraction of sp³-hybridized carbons (Fsp3) is 0.780. The zero-order valence-electron chi connectivity index (χ0n) is 36.7. The van der Waals surface area contributed by atoms with Crippen molar-refractivity contribution in [3.63, 3.8) is 0 Å². The van der Waals surface area contributed by atoms with Gasteiger partial charge < -0.3 is 87.4 Å². The molecule has 0 spiro atoms. The molecule has 16 N–H and O–H groups in total. The summed E-state index contributed by atoms with van der Waals surface area (Å²) in [4.78, 5) is 9.94. The van der Waals surface area contributed by atoms with E-state index < -0.39 is 108 Å². The Labute approximate surface area is 370 Å². The van der Waals surface area contributed by atoms with E-state index in [4.69, 9.17) is 41.9 Å². The Morgan fingerprint density at radius 2 is 1.37 bits per heavy atom. The molecule has 0 aromatic heterocycles. The number of nitrogens with one attached hydrogen (secondary N) is 1. The van der Waals surface area contributed by atoms with Crippen molar-refractivity contribution >= 4 is 20.8 Å². The third kappa shape index (κ3) is 12.4. The highest BCUT2D eigenvalue weighted by molar-refractivity contribution is 8.00. The van der Waals surface area contributed by atoms with E-state index in [0.29, 0.717) is 28.8 Å². The molecule has 0 amide bonds. The van der Waals surface area contributed by atoms with E-state index in [0.717, 1.165) is 44.7 Å². The van der Waals surface area contributed by atoms with E-state index >= 15 is 0 Å². The van der Waals surface area contributed by atoms with E-state index in [-0.39, 0.29) is 13.0 Å². The minimum absolute atomic E-state index is 0.0849. The number of benzene rings is 1. The molecule has 22 heteroatoms. The standard InChI is InChI=1S/C23H36N4O2S.C18H36N4O11/c1-5-12-26-14-16-27(17-15-26)13-6-11-24-23-19(4)22(30(28,29)25-23)21-9-7-20(8-10-21)18(2)3;19-2-6-10(25)12(27)13(28)18(30-6)33-16-5(21)1-4(20)15(14(16)29)32-17-11(26)8(22)9(24)7(3-23)31-17/h7-10,18H,5-6,11-17H2,1-4H3,(H,24,25);4-18,23-29H,1-3,19-22H2/t;4-,5+,6-,7-,8+,9-,10-,11-,12+,13-,14-,15+,16-,17-,18-/m.1/s1. The largest absolute Gasteiger partial charge is 0.394 e. The topological polar surface area (TPSA) is 348 Å². The normalized spacial score (nSPS) is 38.4. The van der Waals surface area contributed by atoms with Crippen molar-refractivity contribution in [3.05, 3.63) is 41.0 Å².